The van der Waals surface area contributed by atoms with Gasteiger partial charge in [0, 0.05) is 70.3 Å². The molecule has 61 heavy (non-hydrogen) atoms. The molecule has 12 nitrogen and oxygen atoms in total. The lowest BCUT2D eigenvalue weighted by molar-refractivity contribution is -0.111. The van der Waals surface area contributed by atoms with Crippen molar-refractivity contribution in [3.05, 3.63) is 153 Å². The fourth-order valence-corrected chi connectivity index (χ4v) is 8.09. The topological polar surface area (TPSA) is 156 Å². The fraction of sp³-hybridized carbons (Fsp3) is 0.224. The van der Waals surface area contributed by atoms with Crippen LogP contribution in [0.1, 0.15) is 86.6 Å². The number of aryl methyl sites for hydroxylation is 6. The third-order valence-electron chi connectivity index (χ3n) is 11.0. The van der Waals surface area contributed by atoms with E-state index in [4.69, 9.17) is 13.6 Å². The zero-order valence-electron chi connectivity index (χ0n) is 35.5. The first-order valence-electron chi connectivity index (χ1n) is 20.1. The quantitative estimate of drug-likeness (QED) is 0.141. The third kappa shape index (κ3) is 8.04. The molecular formula is C49H45N7O5. The number of hydrogen-bond donors (Lipinski definition) is 0. The van der Waals surface area contributed by atoms with E-state index in [0.717, 1.165) is 114 Å². The molecule has 7 aromatic heterocycles. The normalized spacial score (nSPS) is 12.4. The lowest BCUT2D eigenvalue weighted by Crippen LogP contribution is -1.98. The minimum absolute atomic E-state index is 0.0133. The van der Waals surface area contributed by atoms with Gasteiger partial charge in [0.25, 0.3) is 0 Å². The molecule has 0 fully saturated rings. The van der Waals surface area contributed by atoms with Crippen LogP contribution in [0.5, 0.6) is 0 Å². The molecule has 0 amide bonds. The first kappa shape index (κ1) is 40.4. The number of allylic oxidation sites excluding steroid dienone is 3. The van der Waals surface area contributed by atoms with Crippen LogP contribution in [0.15, 0.2) is 99.0 Å². The molecular weight excluding hydrogens is 767 g/mol. The number of nitrogens with zero attached hydrogens (tertiary/aromatic N) is 7. The van der Waals surface area contributed by atoms with E-state index in [1.165, 1.54) is 11.1 Å². The van der Waals surface area contributed by atoms with Gasteiger partial charge >= 0.3 is 0 Å². The van der Waals surface area contributed by atoms with Crippen molar-refractivity contribution >= 4 is 34.2 Å². The molecule has 1 aromatic carbocycles. The molecule has 7 heterocycles. The summed E-state index contributed by atoms with van der Waals surface area (Å²) in [5, 5.41) is 12.0. The molecule has 0 atom stereocenters. The van der Waals surface area contributed by atoms with Crippen LogP contribution in [0.4, 0.5) is 0 Å². The summed E-state index contributed by atoms with van der Waals surface area (Å²) in [6.07, 6.45) is 15.2. The van der Waals surface area contributed by atoms with E-state index in [1.54, 1.807) is 26.2 Å². The van der Waals surface area contributed by atoms with E-state index in [9.17, 15) is 9.59 Å². The molecule has 0 spiro atoms. The standard InChI is InChI=1S/C21H19N3O2.C15H14N2O2.C13H12N2O/c1-13-20(15(3)26-23-13)17-9-19-21(22-10-17)18(14(2)25)12-24(19)11-16-7-5-4-6-8-16;1-8-14(10(3)19-17-8)12-6-11-4-5-13(9(2)18)15(11)16-7-12;1-8-13(9(2)16-15-8)11-6-10-4-3-5-12(10)14-7-11/h4-10,12H,11H2,1-3H3;5-7H,4H2,1-3H3;3,5-7H,4H2,1-2H3. The van der Waals surface area contributed by atoms with Crippen LogP contribution in [0.2, 0.25) is 0 Å². The highest BCUT2D eigenvalue weighted by Crippen LogP contribution is 2.34. The van der Waals surface area contributed by atoms with Gasteiger partial charge in [-0.25, -0.2) is 0 Å². The zero-order chi connectivity index (χ0) is 42.9. The Morgan fingerprint density at radius 2 is 1.21 bits per heavy atom. The first-order valence-corrected chi connectivity index (χ1v) is 20.1. The van der Waals surface area contributed by atoms with Crippen LogP contribution in [0.25, 0.3) is 56.1 Å². The molecule has 12 heteroatoms. The monoisotopic (exact) mass is 811 g/mol. The molecule has 2 aliphatic carbocycles. The van der Waals surface area contributed by atoms with E-state index in [1.807, 2.05) is 78.2 Å². The highest BCUT2D eigenvalue weighted by Gasteiger charge is 2.22. The van der Waals surface area contributed by atoms with Crippen LogP contribution < -0.4 is 0 Å². The van der Waals surface area contributed by atoms with Gasteiger partial charge in [-0.1, -0.05) is 58.0 Å². The van der Waals surface area contributed by atoms with Crippen LogP contribution in [-0.2, 0) is 24.2 Å². The van der Waals surface area contributed by atoms with Gasteiger partial charge in [0.05, 0.1) is 45.1 Å². The highest BCUT2D eigenvalue weighted by atomic mass is 16.5. The predicted molar refractivity (Wildman–Crippen MR) is 234 cm³/mol. The Morgan fingerprint density at radius 1 is 0.656 bits per heavy atom. The van der Waals surface area contributed by atoms with Crippen molar-refractivity contribution < 1.29 is 23.2 Å². The minimum Gasteiger partial charge on any atom is -0.361 e. The molecule has 10 rings (SSSR count). The molecule has 306 valence electrons. The SMILES string of the molecule is CC(=O)C1=CCc2cc(-c3c(C)noc3C)cnc21.CC(=O)c1cn(Cc2ccccc2)c2cc(-c3c(C)noc3C)cnc12.Cc1noc(C)c1-c1cnc2c(c1)CC=C2. The maximum absolute atomic E-state index is 12.1. The Hall–Kier alpha value is -7.34. The third-order valence-corrected chi connectivity index (χ3v) is 11.0. The summed E-state index contributed by atoms with van der Waals surface area (Å²) < 4.78 is 17.7. The van der Waals surface area contributed by atoms with Crippen molar-refractivity contribution in [3.8, 4) is 33.4 Å². The average Bonchev–Trinajstić information content (AvgIpc) is 4.11. The van der Waals surface area contributed by atoms with E-state index >= 15 is 0 Å². The average molecular weight is 812 g/mol. The van der Waals surface area contributed by atoms with E-state index in [0.29, 0.717) is 12.1 Å². The lowest BCUT2D eigenvalue weighted by atomic mass is 10.0. The summed E-state index contributed by atoms with van der Waals surface area (Å²) in [4.78, 5) is 37.0. The molecule has 0 bridgehead atoms. The second-order valence-electron chi connectivity index (χ2n) is 15.4. The maximum Gasteiger partial charge on any atom is 0.163 e. The Kier molecular flexibility index (Phi) is 11.1. The number of pyridine rings is 3. The van der Waals surface area contributed by atoms with Gasteiger partial charge in [-0.2, -0.15) is 0 Å². The molecule has 0 saturated carbocycles. The molecule has 0 radical (unpaired) electrons. The Balaban J connectivity index is 0.000000131. The van der Waals surface area contributed by atoms with Gasteiger partial charge in [0.1, 0.15) is 17.3 Å². The first-order chi connectivity index (χ1) is 29.4. The van der Waals surface area contributed by atoms with Crippen LogP contribution >= 0.6 is 0 Å². The van der Waals surface area contributed by atoms with E-state index < -0.39 is 0 Å². The molecule has 0 unspecified atom stereocenters. The van der Waals surface area contributed by atoms with Gasteiger partial charge in [-0.05, 0) is 109 Å². The van der Waals surface area contributed by atoms with Crippen molar-refractivity contribution in [1.29, 1.82) is 0 Å². The smallest absolute Gasteiger partial charge is 0.163 e. The second kappa shape index (κ2) is 16.7. The lowest BCUT2D eigenvalue weighted by Gasteiger charge is -2.07. The van der Waals surface area contributed by atoms with E-state index in [2.05, 4.69) is 77.5 Å². The van der Waals surface area contributed by atoms with Crippen molar-refractivity contribution in [2.24, 2.45) is 0 Å². The summed E-state index contributed by atoms with van der Waals surface area (Å²) >= 11 is 0. The Bertz CT molecular complexity index is 2970. The fourth-order valence-electron chi connectivity index (χ4n) is 8.09. The summed E-state index contributed by atoms with van der Waals surface area (Å²) in [6.45, 7) is 15.3. The number of hydrogen-bond acceptors (Lipinski definition) is 11. The van der Waals surface area contributed by atoms with Crippen molar-refractivity contribution in [2.75, 3.05) is 0 Å². The Labute approximate surface area is 353 Å². The number of fused-ring (bicyclic) bond motifs is 3. The van der Waals surface area contributed by atoms with Crippen molar-refractivity contribution in [2.45, 2.75) is 74.8 Å². The molecule has 8 aromatic rings. The molecule has 2 aliphatic rings. The van der Waals surface area contributed by atoms with Gasteiger partial charge < -0.3 is 18.1 Å². The second-order valence-corrected chi connectivity index (χ2v) is 15.4. The van der Waals surface area contributed by atoms with Crippen molar-refractivity contribution in [3.63, 3.8) is 0 Å². The maximum atomic E-state index is 12.1. The number of benzene rings is 1. The van der Waals surface area contributed by atoms with Crippen molar-refractivity contribution in [1.82, 2.24) is 35.0 Å². The molecule has 0 N–H and O–H groups in total. The zero-order valence-corrected chi connectivity index (χ0v) is 35.5. The van der Waals surface area contributed by atoms with Gasteiger partial charge in [0.15, 0.2) is 11.6 Å². The summed E-state index contributed by atoms with van der Waals surface area (Å²) in [7, 11) is 0. The van der Waals surface area contributed by atoms with Gasteiger partial charge in [-0.15, -0.1) is 0 Å². The molecule has 0 aliphatic heterocycles. The van der Waals surface area contributed by atoms with Gasteiger partial charge in [0.2, 0.25) is 0 Å². The summed E-state index contributed by atoms with van der Waals surface area (Å²) in [6, 6.07) is 16.5. The number of carbonyl (C=O) groups excluding carboxylic acids is 2. The van der Waals surface area contributed by atoms with Crippen LogP contribution in [0, 0.1) is 41.5 Å². The van der Waals surface area contributed by atoms with Crippen LogP contribution in [0.3, 0.4) is 0 Å². The largest absolute Gasteiger partial charge is 0.361 e. The summed E-state index contributed by atoms with van der Waals surface area (Å²) in [5.41, 5.74) is 17.1. The number of aromatic nitrogens is 7. The number of carbonyl (C=O) groups is 2. The minimum atomic E-state index is 0.0133. The number of ketones is 2. The van der Waals surface area contributed by atoms with E-state index in [-0.39, 0.29) is 11.6 Å². The number of Topliss-reactive ketones (excluding diaryl/α,β-unsaturated/α-hetero) is 2. The summed E-state index contributed by atoms with van der Waals surface area (Å²) in [5.74, 6) is 2.48. The predicted octanol–water partition coefficient (Wildman–Crippen LogP) is 10.4. The molecule has 0 saturated heterocycles. The Morgan fingerprint density at radius 3 is 1.77 bits per heavy atom. The van der Waals surface area contributed by atoms with Crippen LogP contribution in [-0.4, -0.2) is 46.6 Å². The highest BCUT2D eigenvalue weighted by molar-refractivity contribution is 6.20. The number of rotatable bonds is 7. The van der Waals surface area contributed by atoms with Gasteiger partial charge in [-0.3, -0.25) is 24.5 Å².